The van der Waals surface area contributed by atoms with Crippen LogP contribution in [0.15, 0.2) is 30.3 Å². The van der Waals surface area contributed by atoms with Gasteiger partial charge in [0.1, 0.15) is 22.6 Å². The van der Waals surface area contributed by atoms with Crippen molar-refractivity contribution in [3.05, 3.63) is 58.5 Å². The third-order valence-electron chi connectivity index (χ3n) is 3.14. The fraction of sp³-hybridized carbons (Fsp3) is 0.0667. The highest BCUT2D eigenvalue weighted by Crippen LogP contribution is 2.30. The number of halogens is 4. The van der Waals surface area contributed by atoms with E-state index in [0.29, 0.717) is 0 Å². The first-order valence-corrected chi connectivity index (χ1v) is 6.43. The SMILES string of the molecule is Cc1ccc(F)c(-c2nc(Cl)c3c(F)cccc3n2)c1F. The molecule has 6 heteroatoms. The Hall–Kier alpha value is -2.14. The maximum absolute atomic E-state index is 14.1. The highest BCUT2D eigenvalue weighted by atomic mass is 35.5. The second-order valence-electron chi connectivity index (χ2n) is 4.53. The van der Waals surface area contributed by atoms with Crippen molar-refractivity contribution in [1.82, 2.24) is 9.97 Å². The Morgan fingerprint density at radius 2 is 1.71 bits per heavy atom. The molecule has 0 atom stereocenters. The maximum atomic E-state index is 14.1. The molecule has 3 aromatic rings. The van der Waals surface area contributed by atoms with Crippen LogP contribution in [0.3, 0.4) is 0 Å². The van der Waals surface area contributed by atoms with E-state index in [4.69, 9.17) is 11.6 Å². The van der Waals surface area contributed by atoms with E-state index >= 15 is 0 Å². The summed E-state index contributed by atoms with van der Waals surface area (Å²) in [6, 6.07) is 6.59. The van der Waals surface area contributed by atoms with Crippen molar-refractivity contribution in [2.45, 2.75) is 6.92 Å². The minimum absolute atomic E-state index is 0.0244. The van der Waals surface area contributed by atoms with Crippen molar-refractivity contribution in [3.63, 3.8) is 0 Å². The monoisotopic (exact) mass is 308 g/mol. The Balaban J connectivity index is 2.35. The first-order chi connectivity index (χ1) is 9.99. The van der Waals surface area contributed by atoms with E-state index in [1.807, 2.05) is 0 Å². The van der Waals surface area contributed by atoms with Gasteiger partial charge in [-0.05, 0) is 30.7 Å². The van der Waals surface area contributed by atoms with Crippen molar-refractivity contribution in [2.24, 2.45) is 0 Å². The zero-order chi connectivity index (χ0) is 15.1. The second-order valence-corrected chi connectivity index (χ2v) is 4.88. The summed E-state index contributed by atoms with van der Waals surface area (Å²) in [6.45, 7) is 1.50. The van der Waals surface area contributed by atoms with Gasteiger partial charge in [0.15, 0.2) is 5.82 Å². The van der Waals surface area contributed by atoms with E-state index in [9.17, 15) is 13.2 Å². The topological polar surface area (TPSA) is 25.8 Å². The smallest absolute Gasteiger partial charge is 0.167 e. The molecule has 0 aliphatic rings. The Morgan fingerprint density at radius 1 is 0.952 bits per heavy atom. The molecule has 2 nitrogen and oxygen atoms in total. The molecule has 0 bridgehead atoms. The van der Waals surface area contributed by atoms with Gasteiger partial charge in [-0.2, -0.15) is 0 Å². The van der Waals surface area contributed by atoms with Crippen LogP contribution in [0.4, 0.5) is 13.2 Å². The maximum Gasteiger partial charge on any atom is 0.167 e. The van der Waals surface area contributed by atoms with E-state index in [1.165, 1.54) is 31.2 Å². The molecule has 0 N–H and O–H groups in total. The third-order valence-corrected chi connectivity index (χ3v) is 3.41. The van der Waals surface area contributed by atoms with Crippen LogP contribution in [0.5, 0.6) is 0 Å². The number of hydrogen-bond acceptors (Lipinski definition) is 2. The molecular formula is C15H8ClF3N2. The molecule has 1 aromatic heterocycles. The molecular weight excluding hydrogens is 301 g/mol. The lowest BCUT2D eigenvalue weighted by molar-refractivity contribution is 0.582. The highest BCUT2D eigenvalue weighted by Gasteiger charge is 2.19. The number of rotatable bonds is 1. The summed E-state index contributed by atoms with van der Waals surface area (Å²) in [5, 5.41) is -0.162. The molecule has 0 radical (unpaired) electrons. The summed E-state index contributed by atoms with van der Waals surface area (Å²) in [7, 11) is 0. The summed E-state index contributed by atoms with van der Waals surface area (Å²) in [5.74, 6) is -2.36. The lowest BCUT2D eigenvalue weighted by atomic mass is 10.1. The average Bonchev–Trinajstić information content (AvgIpc) is 2.43. The van der Waals surface area contributed by atoms with E-state index in [0.717, 1.165) is 6.07 Å². The van der Waals surface area contributed by atoms with Gasteiger partial charge in [-0.15, -0.1) is 0 Å². The Labute approximate surface area is 123 Å². The van der Waals surface area contributed by atoms with Crippen LogP contribution in [-0.4, -0.2) is 9.97 Å². The minimum Gasteiger partial charge on any atom is -0.228 e. The highest BCUT2D eigenvalue weighted by molar-refractivity contribution is 6.34. The molecule has 21 heavy (non-hydrogen) atoms. The largest absolute Gasteiger partial charge is 0.228 e. The fourth-order valence-corrected chi connectivity index (χ4v) is 2.34. The van der Waals surface area contributed by atoms with E-state index in [-0.39, 0.29) is 33.0 Å². The summed E-state index contributed by atoms with van der Waals surface area (Å²) in [5.41, 5.74) is 0.0684. The first-order valence-electron chi connectivity index (χ1n) is 6.06. The first kappa shape index (κ1) is 13.8. The van der Waals surface area contributed by atoms with Crippen molar-refractivity contribution in [2.75, 3.05) is 0 Å². The van der Waals surface area contributed by atoms with Crippen LogP contribution in [0.25, 0.3) is 22.3 Å². The summed E-state index contributed by atoms with van der Waals surface area (Å²) >= 11 is 5.93. The normalized spacial score (nSPS) is 11.1. The Bertz CT molecular complexity index is 865. The van der Waals surface area contributed by atoms with Crippen molar-refractivity contribution in [1.29, 1.82) is 0 Å². The number of aryl methyl sites for hydroxylation is 1. The van der Waals surface area contributed by atoms with Crippen LogP contribution in [0.2, 0.25) is 5.15 Å². The summed E-state index contributed by atoms with van der Waals surface area (Å²) in [4.78, 5) is 7.84. The lowest BCUT2D eigenvalue weighted by Crippen LogP contribution is -1.99. The van der Waals surface area contributed by atoms with Gasteiger partial charge < -0.3 is 0 Å². The zero-order valence-corrected chi connectivity index (χ0v) is 11.5. The summed E-state index contributed by atoms with van der Waals surface area (Å²) < 4.78 is 41.7. The number of fused-ring (bicyclic) bond motifs is 1. The van der Waals surface area contributed by atoms with Gasteiger partial charge in [0.2, 0.25) is 0 Å². The predicted molar refractivity (Wildman–Crippen MR) is 74.6 cm³/mol. The molecule has 1 heterocycles. The van der Waals surface area contributed by atoms with Gasteiger partial charge >= 0.3 is 0 Å². The van der Waals surface area contributed by atoms with Gasteiger partial charge in [-0.25, -0.2) is 23.1 Å². The molecule has 3 rings (SSSR count). The second kappa shape index (κ2) is 5.00. The number of nitrogens with zero attached hydrogens (tertiary/aromatic N) is 2. The lowest BCUT2D eigenvalue weighted by Gasteiger charge is -2.08. The van der Waals surface area contributed by atoms with Crippen LogP contribution < -0.4 is 0 Å². The van der Waals surface area contributed by atoms with Crippen LogP contribution >= 0.6 is 11.6 Å². The van der Waals surface area contributed by atoms with Crippen LogP contribution in [0, 0.1) is 24.4 Å². The number of benzene rings is 2. The molecule has 0 saturated heterocycles. The quantitative estimate of drug-likeness (QED) is 0.610. The van der Waals surface area contributed by atoms with Crippen molar-refractivity contribution < 1.29 is 13.2 Å². The fourth-order valence-electron chi connectivity index (χ4n) is 2.07. The number of aromatic nitrogens is 2. The summed E-state index contributed by atoms with van der Waals surface area (Å²) in [6.07, 6.45) is 0. The third kappa shape index (κ3) is 2.23. The molecule has 0 spiro atoms. The van der Waals surface area contributed by atoms with Gasteiger partial charge in [0.05, 0.1) is 16.5 Å². The molecule has 2 aromatic carbocycles. The van der Waals surface area contributed by atoms with E-state index in [2.05, 4.69) is 9.97 Å². The molecule has 0 unspecified atom stereocenters. The molecule has 0 saturated carbocycles. The van der Waals surface area contributed by atoms with Gasteiger partial charge in [0.25, 0.3) is 0 Å². The van der Waals surface area contributed by atoms with E-state index < -0.39 is 17.5 Å². The Kier molecular flexibility index (Phi) is 3.29. The van der Waals surface area contributed by atoms with Gasteiger partial charge in [-0.3, -0.25) is 0 Å². The zero-order valence-electron chi connectivity index (χ0n) is 10.8. The van der Waals surface area contributed by atoms with Gasteiger partial charge in [-0.1, -0.05) is 23.7 Å². The predicted octanol–water partition coefficient (Wildman–Crippen LogP) is 4.68. The van der Waals surface area contributed by atoms with Crippen molar-refractivity contribution >= 4 is 22.5 Å². The van der Waals surface area contributed by atoms with E-state index in [1.54, 1.807) is 0 Å². The van der Waals surface area contributed by atoms with Gasteiger partial charge in [0, 0.05) is 0 Å². The molecule has 0 aliphatic carbocycles. The number of hydrogen-bond donors (Lipinski definition) is 0. The minimum atomic E-state index is -0.801. The van der Waals surface area contributed by atoms with Crippen LogP contribution in [0.1, 0.15) is 5.56 Å². The standard InChI is InChI=1S/C15H8ClF3N2/c1-7-5-6-9(18)12(13(7)19)15-20-10-4-2-3-8(17)11(10)14(16)21-15/h2-6H,1H3. The molecule has 0 fully saturated rings. The van der Waals surface area contributed by atoms with Crippen LogP contribution in [-0.2, 0) is 0 Å². The molecule has 0 aliphatic heterocycles. The average molecular weight is 309 g/mol. The Morgan fingerprint density at radius 3 is 2.48 bits per heavy atom. The molecule has 0 amide bonds. The molecule has 106 valence electrons. The van der Waals surface area contributed by atoms with Crippen molar-refractivity contribution in [3.8, 4) is 11.4 Å².